The lowest BCUT2D eigenvalue weighted by Crippen LogP contribution is -2.30. The zero-order chi connectivity index (χ0) is 18.1. The third-order valence-corrected chi connectivity index (χ3v) is 7.56. The van der Waals surface area contributed by atoms with Gasteiger partial charge in [-0.25, -0.2) is 4.98 Å². The van der Waals surface area contributed by atoms with Crippen LogP contribution in [-0.4, -0.2) is 29.5 Å². The van der Waals surface area contributed by atoms with E-state index in [0.29, 0.717) is 0 Å². The van der Waals surface area contributed by atoms with Gasteiger partial charge in [-0.2, -0.15) is 0 Å². The van der Waals surface area contributed by atoms with Gasteiger partial charge < -0.3 is 5.32 Å². The number of anilines is 1. The van der Waals surface area contributed by atoms with E-state index in [1.165, 1.54) is 47.1 Å². The summed E-state index contributed by atoms with van der Waals surface area (Å²) in [5.41, 5.74) is 2.67. The summed E-state index contributed by atoms with van der Waals surface area (Å²) in [5.74, 6) is 0. The molecule has 2 aromatic carbocycles. The number of fused-ring (bicyclic) bond motifs is 4. The molecule has 1 N–H and O–H groups in total. The van der Waals surface area contributed by atoms with E-state index < -0.39 is 0 Å². The van der Waals surface area contributed by atoms with Gasteiger partial charge in [-0.1, -0.05) is 41.7 Å². The molecule has 5 rings (SSSR count). The molecule has 0 saturated carbocycles. The topological polar surface area (TPSA) is 28.2 Å². The van der Waals surface area contributed by atoms with Crippen molar-refractivity contribution < 1.29 is 0 Å². The zero-order valence-corrected chi connectivity index (χ0v) is 16.9. The summed E-state index contributed by atoms with van der Waals surface area (Å²) in [7, 11) is 0. The molecule has 5 heteroatoms. The van der Waals surface area contributed by atoms with E-state index in [2.05, 4.69) is 57.7 Å². The largest absolute Gasteiger partial charge is 0.361 e. The average molecular weight is 394 g/mol. The number of para-hydroxylation sites is 1. The van der Waals surface area contributed by atoms with Gasteiger partial charge >= 0.3 is 0 Å². The van der Waals surface area contributed by atoms with Gasteiger partial charge in [-0.05, 0) is 55.0 Å². The molecule has 0 fully saturated rings. The minimum atomic E-state index is 1.00. The van der Waals surface area contributed by atoms with Crippen LogP contribution in [0.1, 0.15) is 23.3 Å². The second kappa shape index (κ2) is 7.58. The number of hydrogen-bond donors (Lipinski definition) is 1. The van der Waals surface area contributed by atoms with Crippen LogP contribution >= 0.6 is 22.7 Å². The van der Waals surface area contributed by atoms with Gasteiger partial charge in [0.1, 0.15) is 0 Å². The zero-order valence-electron chi connectivity index (χ0n) is 15.3. The number of thiophene rings is 1. The van der Waals surface area contributed by atoms with Crippen molar-refractivity contribution in [3.63, 3.8) is 0 Å². The van der Waals surface area contributed by atoms with Crippen LogP contribution in [0.15, 0.2) is 48.5 Å². The summed E-state index contributed by atoms with van der Waals surface area (Å²) in [6.07, 6.45) is 3.62. The summed E-state index contributed by atoms with van der Waals surface area (Å²) in [4.78, 5) is 8.87. The second-order valence-corrected chi connectivity index (χ2v) is 9.31. The standard InChI is InChI=1S/C22H23N3S2/c1-3-9-19-16(7-1)17-15-25(14-11-20(17)26-19)13-6-5-12-23-22-24-18-8-2-4-10-21(18)27-22/h1-4,7-10H,5-6,11-15H2,(H,23,24). The summed E-state index contributed by atoms with van der Waals surface area (Å²) < 4.78 is 2.71. The Hall–Kier alpha value is -1.95. The molecular weight excluding hydrogens is 370 g/mol. The maximum Gasteiger partial charge on any atom is 0.183 e. The number of nitrogens with one attached hydrogen (secondary N) is 1. The van der Waals surface area contributed by atoms with Gasteiger partial charge in [-0.3, -0.25) is 4.90 Å². The number of rotatable bonds is 6. The normalized spacial score (nSPS) is 14.7. The Kier molecular flexibility index (Phi) is 4.82. The molecule has 1 aliphatic rings. The molecule has 4 aromatic rings. The first kappa shape index (κ1) is 17.2. The highest BCUT2D eigenvalue weighted by Crippen LogP contribution is 2.35. The van der Waals surface area contributed by atoms with Crippen molar-refractivity contribution in [2.45, 2.75) is 25.8 Å². The summed E-state index contributed by atoms with van der Waals surface area (Å²) in [6, 6.07) is 17.2. The molecule has 3 heterocycles. The van der Waals surface area contributed by atoms with Gasteiger partial charge in [0.25, 0.3) is 0 Å². The predicted molar refractivity (Wildman–Crippen MR) is 118 cm³/mol. The van der Waals surface area contributed by atoms with E-state index in [1.807, 2.05) is 17.4 Å². The van der Waals surface area contributed by atoms with Crippen LogP contribution in [0.25, 0.3) is 20.3 Å². The molecule has 2 aromatic heterocycles. The Balaban J connectivity index is 1.11. The van der Waals surface area contributed by atoms with E-state index >= 15 is 0 Å². The minimum absolute atomic E-state index is 1.00. The second-order valence-electron chi connectivity index (χ2n) is 7.15. The molecule has 3 nitrogen and oxygen atoms in total. The number of benzene rings is 2. The van der Waals surface area contributed by atoms with Crippen LogP contribution in [0.3, 0.4) is 0 Å². The lowest BCUT2D eigenvalue weighted by atomic mass is 10.0. The maximum absolute atomic E-state index is 4.65. The molecule has 0 unspecified atom stereocenters. The molecule has 0 aliphatic carbocycles. The molecule has 0 saturated heterocycles. The number of unbranched alkanes of at least 4 members (excludes halogenated alkanes) is 1. The first-order valence-electron chi connectivity index (χ1n) is 9.68. The fourth-order valence-electron chi connectivity index (χ4n) is 3.88. The number of hydrogen-bond acceptors (Lipinski definition) is 5. The Labute approximate surface area is 167 Å². The van der Waals surface area contributed by atoms with Gasteiger partial charge in [0.2, 0.25) is 0 Å². The van der Waals surface area contributed by atoms with E-state index in [-0.39, 0.29) is 0 Å². The molecule has 27 heavy (non-hydrogen) atoms. The van der Waals surface area contributed by atoms with E-state index in [0.717, 1.165) is 23.7 Å². The smallest absolute Gasteiger partial charge is 0.183 e. The molecule has 0 atom stereocenters. The van der Waals surface area contributed by atoms with E-state index in [9.17, 15) is 0 Å². The Morgan fingerprint density at radius 2 is 1.81 bits per heavy atom. The maximum atomic E-state index is 4.65. The van der Waals surface area contributed by atoms with Gasteiger partial charge in [0.05, 0.1) is 10.2 Å². The highest BCUT2D eigenvalue weighted by molar-refractivity contribution is 7.22. The summed E-state index contributed by atoms with van der Waals surface area (Å²) in [5, 5.41) is 6.01. The van der Waals surface area contributed by atoms with Crippen LogP contribution in [0, 0.1) is 0 Å². The summed E-state index contributed by atoms with van der Waals surface area (Å²) >= 11 is 3.74. The van der Waals surface area contributed by atoms with Crippen molar-refractivity contribution in [1.29, 1.82) is 0 Å². The van der Waals surface area contributed by atoms with Crippen molar-refractivity contribution in [2.24, 2.45) is 0 Å². The number of aromatic nitrogens is 1. The van der Waals surface area contributed by atoms with Gasteiger partial charge in [0.15, 0.2) is 5.13 Å². The Morgan fingerprint density at radius 1 is 0.963 bits per heavy atom. The number of nitrogens with zero attached hydrogens (tertiary/aromatic N) is 2. The lowest BCUT2D eigenvalue weighted by Gasteiger charge is -2.27. The fourth-order valence-corrected chi connectivity index (χ4v) is 5.98. The van der Waals surface area contributed by atoms with Crippen LogP contribution in [0.2, 0.25) is 0 Å². The van der Waals surface area contributed by atoms with Crippen LogP contribution in [0.5, 0.6) is 0 Å². The van der Waals surface area contributed by atoms with Crippen LogP contribution in [0.4, 0.5) is 5.13 Å². The Morgan fingerprint density at radius 3 is 2.74 bits per heavy atom. The van der Waals surface area contributed by atoms with E-state index in [4.69, 9.17) is 0 Å². The van der Waals surface area contributed by atoms with Gasteiger partial charge in [-0.15, -0.1) is 11.3 Å². The highest BCUT2D eigenvalue weighted by Gasteiger charge is 2.20. The molecule has 0 amide bonds. The fraction of sp³-hybridized carbons (Fsp3) is 0.318. The van der Waals surface area contributed by atoms with Crippen molar-refractivity contribution >= 4 is 48.1 Å². The van der Waals surface area contributed by atoms with Gasteiger partial charge in [0, 0.05) is 29.2 Å². The minimum Gasteiger partial charge on any atom is -0.361 e. The van der Waals surface area contributed by atoms with Crippen molar-refractivity contribution in [3.8, 4) is 0 Å². The lowest BCUT2D eigenvalue weighted by molar-refractivity contribution is 0.253. The molecule has 0 radical (unpaired) electrons. The quantitative estimate of drug-likeness (QED) is 0.422. The summed E-state index contributed by atoms with van der Waals surface area (Å²) in [6.45, 7) is 4.50. The third-order valence-electron chi connectivity index (χ3n) is 5.29. The molecule has 0 bridgehead atoms. The van der Waals surface area contributed by atoms with Crippen molar-refractivity contribution in [3.05, 3.63) is 59.0 Å². The first-order valence-corrected chi connectivity index (χ1v) is 11.3. The van der Waals surface area contributed by atoms with E-state index in [1.54, 1.807) is 21.8 Å². The van der Waals surface area contributed by atoms with Crippen molar-refractivity contribution in [2.75, 3.05) is 25.0 Å². The Bertz CT molecular complexity index is 1030. The highest BCUT2D eigenvalue weighted by atomic mass is 32.1. The molecule has 0 spiro atoms. The van der Waals surface area contributed by atoms with Crippen molar-refractivity contribution in [1.82, 2.24) is 9.88 Å². The molecular formula is C22H23N3S2. The predicted octanol–water partition coefficient (Wildman–Crippen LogP) is 5.76. The average Bonchev–Trinajstić information content (AvgIpc) is 3.28. The van der Waals surface area contributed by atoms with Crippen LogP contribution in [-0.2, 0) is 13.0 Å². The SMILES string of the molecule is c1ccc2sc(NCCCCN3CCc4sc5ccccc5c4C3)nc2c1. The third kappa shape index (κ3) is 3.59. The molecule has 138 valence electrons. The first-order chi connectivity index (χ1) is 13.4. The van der Waals surface area contributed by atoms with Crippen LogP contribution < -0.4 is 5.32 Å². The molecule has 1 aliphatic heterocycles. The monoisotopic (exact) mass is 393 g/mol. The number of thiazole rings is 1.